The minimum atomic E-state index is -4.60. The Hall–Kier alpha value is 0.330. The molecule has 16 heteroatoms. The van der Waals surface area contributed by atoms with Gasteiger partial charge < -0.3 is 40.2 Å². The molecule has 0 saturated carbocycles. The molecule has 0 aliphatic carbocycles. The summed E-state index contributed by atoms with van der Waals surface area (Å²) < 4.78 is 14.5. The van der Waals surface area contributed by atoms with Crippen LogP contribution in [0.15, 0.2) is 24.3 Å². The van der Waals surface area contributed by atoms with Crippen molar-refractivity contribution in [3.8, 4) is 5.75 Å². The first kappa shape index (κ1) is 49.5. The van der Waals surface area contributed by atoms with Crippen molar-refractivity contribution in [3.05, 3.63) is 34.4 Å². The molecule has 0 amide bonds. The van der Waals surface area contributed by atoms with E-state index in [1.165, 1.54) is 0 Å². The number of nitro groups is 1. The minimum absolute atomic E-state index is 0. The number of nitrogens with zero attached hydrogens (tertiary/aromatic N) is 1. The Kier molecular flexibility index (Phi) is 48.0. The molecular formula is C6H20NNa2O12P. The van der Waals surface area contributed by atoms with Crippen molar-refractivity contribution in [2.24, 2.45) is 0 Å². The average Bonchev–Trinajstić information content (AvgIpc) is 2.02. The molecule has 13 nitrogen and oxygen atoms in total. The fourth-order valence-electron chi connectivity index (χ4n) is 0.766. The van der Waals surface area contributed by atoms with Crippen molar-refractivity contribution in [2.45, 2.75) is 0 Å². The monoisotopic (exact) mass is 375 g/mol. The molecule has 0 aromatic heterocycles. The van der Waals surface area contributed by atoms with Crippen LogP contribution in [-0.4, -0.2) is 47.6 Å². The van der Waals surface area contributed by atoms with Crippen molar-refractivity contribution >= 4 is 13.5 Å². The van der Waals surface area contributed by atoms with Crippen LogP contribution in [-0.2, 0) is 4.57 Å². The zero-order chi connectivity index (χ0) is 10.8. The summed E-state index contributed by atoms with van der Waals surface area (Å²) in [7, 11) is -4.60. The van der Waals surface area contributed by atoms with Crippen molar-refractivity contribution in [1.29, 1.82) is 0 Å². The van der Waals surface area contributed by atoms with Crippen LogP contribution in [0, 0.1) is 10.1 Å². The van der Waals surface area contributed by atoms with Crippen LogP contribution in [0.4, 0.5) is 5.69 Å². The maximum absolute atomic E-state index is 10.4. The number of phosphoric ester groups is 1. The molecule has 0 radical (unpaired) electrons. The van der Waals surface area contributed by atoms with Gasteiger partial charge in [0.2, 0.25) is 0 Å². The van der Waals surface area contributed by atoms with E-state index in [0.717, 1.165) is 24.3 Å². The molecule has 0 fully saturated rings. The summed E-state index contributed by atoms with van der Waals surface area (Å²) in [4.78, 5) is 26.4. The standard InChI is InChI=1S/C6H6NO6P.2Na.6H2O.2H/c8-7(9)5-1-3-6(4-2-5)13-14(10,11)12;;;;;;;;;;/h1-4H,(H2,10,11,12);;;6*1H2;;/q;2*+1;;;;;;;2*-1. The first-order valence-corrected chi connectivity index (χ1v) is 4.91. The Balaban J connectivity index is -0.0000000245. The molecule has 0 aliphatic rings. The van der Waals surface area contributed by atoms with Crippen LogP contribution >= 0.6 is 7.82 Å². The van der Waals surface area contributed by atoms with Gasteiger partial charge in [0, 0.05) is 12.1 Å². The molecule has 0 atom stereocenters. The van der Waals surface area contributed by atoms with Gasteiger partial charge in [0.1, 0.15) is 5.75 Å². The number of phosphoric acid groups is 1. The second-order valence-electron chi connectivity index (χ2n) is 2.33. The van der Waals surface area contributed by atoms with Gasteiger partial charge >= 0.3 is 66.9 Å². The van der Waals surface area contributed by atoms with Gasteiger partial charge in [-0.3, -0.25) is 19.9 Å². The number of hydrogen-bond acceptors (Lipinski definition) is 4. The van der Waals surface area contributed by atoms with E-state index < -0.39 is 12.7 Å². The number of benzene rings is 1. The molecule has 0 spiro atoms. The molecule has 22 heavy (non-hydrogen) atoms. The van der Waals surface area contributed by atoms with E-state index in [2.05, 4.69) is 4.52 Å². The molecule has 1 rings (SSSR count). The molecule has 128 valence electrons. The number of nitro benzene ring substituents is 1. The minimum Gasteiger partial charge on any atom is -1.00 e. The summed E-state index contributed by atoms with van der Waals surface area (Å²) in [6.07, 6.45) is 0. The molecule has 0 unspecified atom stereocenters. The quantitative estimate of drug-likeness (QED) is 0.223. The van der Waals surface area contributed by atoms with Crippen LogP contribution < -0.4 is 63.6 Å². The zero-order valence-corrected chi connectivity index (χ0v) is 16.6. The van der Waals surface area contributed by atoms with Crippen LogP contribution in [0.3, 0.4) is 0 Å². The van der Waals surface area contributed by atoms with Crippen molar-refractivity contribution in [2.75, 3.05) is 0 Å². The van der Waals surface area contributed by atoms with Gasteiger partial charge in [-0.1, -0.05) is 0 Å². The molecule has 1 aromatic carbocycles. The van der Waals surface area contributed by atoms with E-state index in [9.17, 15) is 14.7 Å². The maximum Gasteiger partial charge on any atom is 1.00 e. The molecule has 0 aliphatic heterocycles. The third-order valence-electron chi connectivity index (χ3n) is 1.27. The number of hydrogen-bond donors (Lipinski definition) is 2. The van der Waals surface area contributed by atoms with Gasteiger partial charge in [-0.2, -0.15) is 0 Å². The van der Waals surface area contributed by atoms with Crippen LogP contribution in [0.25, 0.3) is 0 Å². The fourth-order valence-corrected chi connectivity index (χ4v) is 1.16. The Morgan fingerprint density at radius 1 is 0.955 bits per heavy atom. The summed E-state index contributed by atoms with van der Waals surface area (Å²) in [5, 5.41) is 10.2. The summed E-state index contributed by atoms with van der Waals surface area (Å²) in [6, 6.07) is 4.39. The SMILES string of the molecule is O.O.O.O.O.O.O=[N+]([O-])c1ccc(OP(=O)(O)O)cc1.[H-].[H-].[Na+].[Na+]. The van der Waals surface area contributed by atoms with Crippen molar-refractivity contribution in [3.63, 3.8) is 0 Å². The summed E-state index contributed by atoms with van der Waals surface area (Å²) in [5.41, 5.74) is -0.178. The fraction of sp³-hybridized carbons (Fsp3) is 0. The zero-order valence-electron chi connectivity index (χ0n) is 13.7. The van der Waals surface area contributed by atoms with E-state index in [0.29, 0.717) is 0 Å². The smallest absolute Gasteiger partial charge is 1.00 e. The maximum atomic E-state index is 10.4. The Labute approximate surface area is 171 Å². The second kappa shape index (κ2) is 21.3. The van der Waals surface area contributed by atoms with Crippen LogP contribution in [0.2, 0.25) is 0 Å². The molecule has 1 aromatic rings. The van der Waals surface area contributed by atoms with E-state index in [4.69, 9.17) is 9.79 Å². The van der Waals surface area contributed by atoms with E-state index >= 15 is 0 Å². The molecule has 0 heterocycles. The van der Waals surface area contributed by atoms with Crippen LogP contribution in [0.1, 0.15) is 2.85 Å². The van der Waals surface area contributed by atoms with E-state index in [1.54, 1.807) is 0 Å². The first-order chi connectivity index (χ1) is 6.38. The van der Waals surface area contributed by atoms with Gasteiger partial charge in [-0.05, 0) is 12.1 Å². The molecule has 0 bridgehead atoms. The third-order valence-corrected chi connectivity index (χ3v) is 1.72. The van der Waals surface area contributed by atoms with Crippen LogP contribution in [0.5, 0.6) is 5.75 Å². The van der Waals surface area contributed by atoms with Gasteiger partial charge in [-0.25, -0.2) is 4.57 Å². The predicted molar refractivity (Wildman–Crippen MR) is 69.7 cm³/mol. The Morgan fingerprint density at radius 3 is 1.50 bits per heavy atom. The third kappa shape index (κ3) is 20.3. The largest absolute Gasteiger partial charge is 1.00 e. The van der Waals surface area contributed by atoms with Gasteiger partial charge in [0.05, 0.1) is 4.92 Å². The summed E-state index contributed by atoms with van der Waals surface area (Å²) >= 11 is 0. The molecular weight excluding hydrogens is 355 g/mol. The van der Waals surface area contributed by atoms with Gasteiger partial charge in [0.25, 0.3) is 5.69 Å². The number of non-ortho nitro benzene ring substituents is 1. The van der Waals surface area contributed by atoms with E-state index in [-0.39, 0.29) is 106 Å². The van der Waals surface area contributed by atoms with Gasteiger partial charge in [-0.15, -0.1) is 0 Å². The normalized spacial score (nSPS) is 7.00. The predicted octanol–water partition coefficient (Wildman–Crippen LogP) is -9.65. The van der Waals surface area contributed by atoms with Crippen molar-refractivity contribution < 1.29 is 119 Å². The summed E-state index contributed by atoms with van der Waals surface area (Å²) in [5.74, 6) is -0.121. The molecule has 14 N–H and O–H groups in total. The van der Waals surface area contributed by atoms with Gasteiger partial charge in [0.15, 0.2) is 0 Å². The second-order valence-corrected chi connectivity index (χ2v) is 3.50. The van der Waals surface area contributed by atoms with E-state index in [1.807, 2.05) is 0 Å². The Bertz CT molecular complexity index is 407. The average molecular weight is 375 g/mol. The first-order valence-electron chi connectivity index (χ1n) is 3.38. The molecule has 0 saturated heterocycles. The summed E-state index contributed by atoms with van der Waals surface area (Å²) in [6.45, 7) is 0. The number of rotatable bonds is 3. The Morgan fingerprint density at radius 2 is 1.27 bits per heavy atom. The topological polar surface area (TPSA) is 299 Å². The van der Waals surface area contributed by atoms with Crippen molar-refractivity contribution in [1.82, 2.24) is 0 Å².